The van der Waals surface area contributed by atoms with Crippen LogP contribution in [0.1, 0.15) is 22.4 Å². The first-order chi connectivity index (χ1) is 9.67. The molecule has 4 nitrogen and oxygen atoms in total. The van der Waals surface area contributed by atoms with Crippen molar-refractivity contribution in [3.63, 3.8) is 0 Å². The molecule has 6 heteroatoms. The Bertz CT molecular complexity index is 585. The van der Waals surface area contributed by atoms with Crippen molar-refractivity contribution in [1.29, 1.82) is 0 Å². The fourth-order valence-corrected chi connectivity index (χ4v) is 2.66. The molecule has 20 heavy (non-hydrogen) atoms. The molecule has 0 unspecified atom stereocenters. The van der Waals surface area contributed by atoms with Crippen molar-refractivity contribution < 1.29 is 4.79 Å². The first-order valence-corrected chi connectivity index (χ1v) is 7.56. The van der Waals surface area contributed by atoms with Gasteiger partial charge in [-0.25, -0.2) is 9.78 Å². The van der Waals surface area contributed by atoms with Gasteiger partial charge >= 0.3 is 6.03 Å². The van der Waals surface area contributed by atoms with Crippen LogP contribution in [0.15, 0.2) is 30.5 Å². The second kappa shape index (κ2) is 7.26. The van der Waals surface area contributed by atoms with Crippen LogP contribution in [0.3, 0.4) is 0 Å². The summed E-state index contributed by atoms with van der Waals surface area (Å²) < 4.78 is 0. The summed E-state index contributed by atoms with van der Waals surface area (Å²) in [5, 5.41) is 7.15. The van der Waals surface area contributed by atoms with Crippen molar-refractivity contribution in [3.05, 3.63) is 50.9 Å². The molecule has 2 aromatic rings. The smallest absolute Gasteiger partial charge is 0.315 e. The summed E-state index contributed by atoms with van der Waals surface area (Å²) in [7, 11) is 0. The van der Waals surface area contributed by atoms with E-state index in [0.717, 1.165) is 17.0 Å². The number of thiazole rings is 1. The molecule has 2 amide bonds. The Morgan fingerprint density at radius 1 is 1.35 bits per heavy atom. The van der Waals surface area contributed by atoms with Gasteiger partial charge in [0.05, 0.1) is 6.54 Å². The maximum atomic E-state index is 11.7. The normalized spacial score (nSPS) is 10.3. The molecule has 106 valence electrons. The van der Waals surface area contributed by atoms with Crippen molar-refractivity contribution in [3.8, 4) is 0 Å². The van der Waals surface area contributed by atoms with Gasteiger partial charge in [-0.15, -0.1) is 11.3 Å². The molecule has 0 atom stereocenters. The standard InChI is InChI=1S/C14H16ClN3OS/c1-2-12-8-16-13(20-12)9-18-14(19)17-7-10-4-3-5-11(15)6-10/h3-6,8H,2,7,9H2,1H3,(H2,17,18,19). The lowest BCUT2D eigenvalue weighted by molar-refractivity contribution is 0.240. The molecule has 0 aliphatic rings. The van der Waals surface area contributed by atoms with Gasteiger partial charge in [-0.1, -0.05) is 30.7 Å². The molecule has 0 bridgehead atoms. The Morgan fingerprint density at radius 3 is 2.85 bits per heavy atom. The van der Waals surface area contributed by atoms with Crippen LogP contribution in [0.2, 0.25) is 5.02 Å². The van der Waals surface area contributed by atoms with Crippen LogP contribution in [0.4, 0.5) is 4.79 Å². The third-order valence-corrected chi connectivity index (χ3v) is 4.07. The summed E-state index contributed by atoms with van der Waals surface area (Å²) in [5.41, 5.74) is 0.968. The number of hydrogen-bond donors (Lipinski definition) is 2. The molecule has 0 saturated heterocycles. The number of benzene rings is 1. The van der Waals surface area contributed by atoms with E-state index in [2.05, 4.69) is 22.5 Å². The van der Waals surface area contributed by atoms with Gasteiger partial charge in [-0.2, -0.15) is 0 Å². The van der Waals surface area contributed by atoms with Gasteiger partial charge in [0, 0.05) is 22.6 Å². The summed E-state index contributed by atoms with van der Waals surface area (Å²) in [6.07, 6.45) is 2.82. The van der Waals surface area contributed by atoms with E-state index in [-0.39, 0.29) is 6.03 Å². The molecule has 0 aliphatic heterocycles. The van der Waals surface area contributed by atoms with Gasteiger partial charge in [0.2, 0.25) is 0 Å². The van der Waals surface area contributed by atoms with Gasteiger partial charge in [-0.3, -0.25) is 0 Å². The van der Waals surface area contributed by atoms with Crippen molar-refractivity contribution >= 4 is 29.0 Å². The van der Waals surface area contributed by atoms with Gasteiger partial charge in [0.15, 0.2) is 0 Å². The summed E-state index contributed by atoms with van der Waals surface area (Å²) in [6, 6.07) is 7.20. The third-order valence-electron chi connectivity index (χ3n) is 2.69. The number of amides is 2. The van der Waals surface area contributed by atoms with Gasteiger partial charge in [0.1, 0.15) is 5.01 Å². The average Bonchev–Trinajstić information content (AvgIpc) is 2.91. The van der Waals surface area contributed by atoms with Crippen LogP contribution in [-0.4, -0.2) is 11.0 Å². The number of halogens is 1. The highest BCUT2D eigenvalue weighted by molar-refractivity contribution is 7.11. The largest absolute Gasteiger partial charge is 0.334 e. The molecule has 0 spiro atoms. The Balaban J connectivity index is 1.75. The molecule has 0 fully saturated rings. The minimum absolute atomic E-state index is 0.210. The highest BCUT2D eigenvalue weighted by atomic mass is 35.5. The Morgan fingerprint density at radius 2 is 2.15 bits per heavy atom. The zero-order valence-corrected chi connectivity index (χ0v) is 12.7. The number of nitrogens with one attached hydrogen (secondary N) is 2. The van der Waals surface area contributed by atoms with Crippen LogP contribution in [0.25, 0.3) is 0 Å². The molecule has 1 aromatic carbocycles. The first kappa shape index (κ1) is 14.8. The van der Waals surface area contributed by atoms with Gasteiger partial charge < -0.3 is 10.6 Å². The molecular weight excluding hydrogens is 294 g/mol. The summed E-state index contributed by atoms with van der Waals surface area (Å²) >= 11 is 7.50. The van der Waals surface area contributed by atoms with Gasteiger partial charge in [0.25, 0.3) is 0 Å². The minimum atomic E-state index is -0.210. The maximum absolute atomic E-state index is 11.7. The van der Waals surface area contributed by atoms with E-state index in [1.165, 1.54) is 4.88 Å². The van der Waals surface area contributed by atoms with Crippen LogP contribution in [0, 0.1) is 0 Å². The number of rotatable bonds is 5. The SMILES string of the molecule is CCc1cnc(CNC(=O)NCc2cccc(Cl)c2)s1. The monoisotopic (exact) mass is 309 g/mol. The maximum Gasteiger partial charge on any atom is 0.315 e. The van der Waals surface area contributed by atoms with E-state index >= 15 is 0 Å². The third kappa shape index (κ3) is 4.51. The first-order valence-electron chi connectivity index (χ1n) is 6.37. The van der Waals surface area contributed by atoms with Crippen LogP contribution < -0.4 is 10.6 Å². The van der Waals surface area contributed by atoms with Crippen LogP contribution in [0.5, 0.6) is 0 Å². The number of carbonyl (C=O) groups excluding carboxylic acids is 1. The Hall–Kier alpha value is -1.59. The number of aryl methyl sites for hydroxylation is 1. The van der Waals surface area contributed by atoms with E-state index < -0.39 is 0 Å². The van der Waals surface area contributed by atoms with Crippen LogP contribution >= 0.6 is 22.9 Å². The number of nitrogens with zero attached hydrogens (tertiary/aromatic N) is 1. The van der Waals surface area contributed by atoms with E-state index in [0.29, 0.717) is 18.1 Å². The zero-order valence-electron chi connectivity index (χ0n) is 11.1. The number of hydrogen-bond acceptors (Lipinski definition) is 3. The lowest BCUT2D eigenvalue weighted by atomic mass is 10.2. The summed E-state index contributed by atoms with van der Waals surface area (Å²) in [5.74, 6) is 0. The molecule has 2 N–H and O–H groups in total. The predicted molar refractivity (Wildman–Crippen MR) is 82.0 cm³/mol. The minimum Gasteiger partial charge on any atom is -0.334 e. The summed E-state index contributed by atoms with van der Waals surface area (Å²) in [4.78, 5) is 17.1. The van der Waals surface area contributed by atoms with E-state index in [1.807, 2.05) is 24.4 Å². The van der Waals surface area contributed by atoms with Crippen molar-refractivity contribution in [2.45, 2.75) is 26.4 Å². The second-order valence-electron chi connectivity index (χ2n) is 4.24. The van der Waals surface area contributed by atoms with E-state index in [4.69, 9.17) is 11.6 Å². The number of aromatic nitrogens is 1. The van der Waals surface area contributed by atoms with Gasteiger partial charge in [-0.05, 0) is 24.1 Å². The van der Waals surface area contributed by atoms with Crippen molar-refractivity contribution in [2.24, 2.45) is 0 Å². The lowest BCUT2D eigenvalue weighted by Gasteiger charge is -2.06. The molecule has 0 saturated carbocycles. The zero-order chi connectivity index (χ0) is 14.4. The average molecular weight is 310 g/mol. The molecule has 1 aromatic heterocycles. The molecule has 1 heterocycles. The lowest BCUT2D eigenvalue weighted by Crippen LogP contribution is -2.34. The van der Waals surface area contributed by atoms with Crippen molar-refractivity contribution in [2.75, 3.05) is 0 Å². The highest BCUT2D eigenvalue weighted by Crippen LogP contribution is 2.13. The van der Waals surface area contributed by atoms with Crippen LogP contribution in [-0.2, 0) is 19.5 Å². The van der Waals surface area contributed by atoms with Crippen molar-refractivity contribution in [1.82, 2.24) is 15.6 Å². The van der Waals surface area contributed by atoms with E-state index in [9.17, 15) is 4.79 Å². The molecule has 0 aliphatic carbocycles. The topological polar surface area (TPSA) is 54.0 Å². The second-order valence-corrected chi connectivity index (χ2v) is 5.88. The fourth-order valence-electron chi connectivity index (χ4n) is 1.64. The Labute approximate surface area is 127 Å². The fraction of sp³-hybridized carbons (Fsp3) is 0.286. The number of carbonyl (C=O) groups is 1. The predicted octanol–water partition coefficient (Wildman–Crippen LogP) is 3.36. The highest BCUT2D eigenvalue weighted by Gasteiger charge is 2.04. The Kier molecular flexibility index (Phi) is 5.38. The van der Waals surface area contributed by atoms with E-state index in [1.54, 1.807) is 17.4 Å². The quantitative estimate of drug-likeness (QED) is 0.890. The number of urea groups is 1. The molecule has 0 radical (unpaired) electrons. The molecular formula is C14H16ClN3OS. The molecule has 2 rings (SSSR count). The summed E-state index contributed by atoms with van der Waals surface area (Å²) in [6.45, 7) is 2.99.